The first-order chi connectivity index (χ1) is 5.54. The van der Waals surface area contributed by atoms with Gasteiger partial charge in [-0.05, 0) is 13.0 Å². The normalized spacial score (nSPS) is 10.8. The van der Waals surface area contributed by atoms with Gasteiger partial charge in [0, 0.05) is 6.54 Å². The fraction of sp³-hybridized carbons (Fsp3) is 1.00. The number of hydrogen-bond acceptors (Lipinski definition) is 3. The Morgan fingerprint density at radius 2 is 1.50 bits per heavy atom. The van der Waals surface area contributed by atoms with Crippen molar-refractivity contribution in [2.45, 2.75) is 40.8 Å². The van der Waals surface area contributed by atoms with E-state index in [-0.39, 0.29) is 6.54 Å². The second-order valence-corrected chi connectivity index (χ2v) is 2.77. The molecule has 0 heterocycles. The van der Waals surface area contributed by atoms with Crippen LogP contribution < -0.4 is 11.1 Å². The van der Waals surface area contributed by atoms with Crippen LogP contribution >= 0.6 is 0 Å². The summed E-state index contributed by atoms with van der Waals surface area (Å²) in [5, 5.41) is 11.0. The Morgan fingerprint density at radius 1 is 1.25 bits per heavy atom. The van der Waals surface area contributed by atoms with Crippen LogP contribution in [0.2, 0.25) is 0 Å². The van der Waals surface area contributed by atoms with Crippen molar-refractivity contribution in [3.8, 4) is 0 Å². The van der Waals surface area contributed by atoms with Gasteiger partial charge in [-0.2, -0.15) is 0 Å². The fourth-order valence-electron chi connectivity index (χ4n) is 0.118. The van der Waals surface area contributed by atoms with Crippen LogP contribution in [0.25, 0.3) is 0 Å². The molecule has 12 heavy (non-hydrogen) atoms. The Labute approximate surface area is 77.4 Å². The van der Waals surface area contributed by atoms with Crippen LogP contribution in [-0.4, -0.2) is 24.9 Å². The van der Waals surface area contributed by atoms with Gasteiger partial charge in [0.15, 0.2) is 0 Å². The van der Waals surface area contributed by atoms with Crippen LogP contribution in [0.15, 0.2) is 0 Å². The van der Waals surface area contributed by atoms with Crippen LogP contribution in [0.1, 0.15) is 34.6 Å². The third-order valence-electron chi connectivity index (χ3n) is 0.556. The zero-order chi connectivity index (χ0) is 10.6. The second kappa shape index (κ2) is 17.1. The van der Waals surface area contributed by atoms with E-state index in [1.807, 2.05) is 13.8 Å². The number of likely N-dealkylation sites (N-methyl/N-ethyl adjacent to an activating group) is 1. The van der Waals surface area contributed by atoms with Crippen LogP contribution in [0.5, 0.6) is 0 Å². The Hall–Kier alpha value is -0.120. The Bertz CT molecular complexity index is 51.7. The number of nitrogens with two attached hydrogens (primary N) is 1. The molecule has 3 nitrogen and oxygen atoms in total. The molecule has 0 fully saturated rings. The Kier molecular flexibility index (Phi) is 25.4. The highest BCUT2D eigenvalue weighted by atomic mass is 16.3. The molecule has 0 spiro atoms. The molecule has 0 bridgehead atoms. The first-order valence-corrected chi connectivity index (χ1v) is 4.60. The Morgan fingerprint density at radius 3 is 1.50 bits per heavy atom. The summed E-state index contributed by atoms with van der Waals surface area (Å²) < 4.78 is 0. The summed E-state index contributed by atoms with van der Waals surface area (Å²) >= 11 is 0. The van der Waals surface area contributed by atoms with E-state index in [2.05, 4.69) is 26.1 Å². The summed E-state index contributed by atoms with van der Waals surface area (Å²) in [5.74, 6) is 0.833. The topological polar surface area (TPSA) is 58.3 Å². The first-order valence-electron chi connectivity index (χ1n) is 4.60. The lowest BCUT2D eigenvalue weighted by Crippen LogP contribution is -2.32. The molecular formula is C9H26N2O. The molecule has 0 aliphatic carbocycles. The van der Waals surface area contributed by atoms with Gasteiger partial charge in [-0.15, -0.1) is 0 Å². The van der Waals surface area contributed by atoms with Gasteiger partial charge in [-0.1, -0.05) is 34.6 Å². The zero-order valence-corrected chi connectivity index (χ0v) is 9.39. The SMILES string of the molecule is CC.CC(C)C.CNC(O)CN. The molecule has 0 aromatic carbocycles. The van der Waals surface area contributed by atoms with Gasteiger partial charge in [-0.3, -0.25) is 5.32 Å². The minimum Gasteiger partial charge on any atom is -0.377 e. The van der Waals surface area contributed by atoms with Crippen molar-refractivity contribution in [2.75, 3.05) is 13.6 Å². The van der Waals surface area contributed by atoms with Crippen molar-refractivity contribution < 1.29 is 5.11 Å². The summed E-state index contributed by atoms with van der Waals surface area (Å²) in [6.45, 7) is 10.8. The van der Waals surface area contributed by atoms with Crippen molar-refractivity contribution in [3.05, 3.63) is 0 Å². The van der Waals surface area contributed by atoms with Gasteiger partial charge >= 0.3 is 0 Å². The average Bonchev–Trinajstić information content (AvgIpc) is 2.06. The molecule has 0 aromatic heterocycles. The number of rotatable bonds is 2. The first kappa shape index (κ1) is 17.8. The Balaban J connectivity index is -0.000000118. The lowest BCUT2D eigenvalue weighted by atomic mass is 10.3. The molecule has 0 rings (SSSR count). The molecule has 3 heteroatoms. The summed E-state index contributed by atoms with van der Waals surface area (Å²) in [7, 11) is 1.65. The molecule has 0 saturated carbocycles. The van der Waals surface area contributed by atoms with Gasteiger partial charge in [0.25, 0.3) is 0 Å². The van der Waals surface area contributed by atoms with Crippen LogP contribution in [-0.2, 0) is 0 Å². The molecule has 0 saturated heterocycles. The molecule has 1 unspecified atom stereocenters. The van der Waals surface area contributed by atoms with Crippen LogP contribution in [0.3, 0.4) is 0 Å². The van der Waals surface area contributed by atoms with Crippen molar-refractivity contribution >= 4 is 0 Å². The summed E-state index contributed by atoms with van der Waals surface area (Å²) in [4.78, 5) is 0. The van der Waals surface area contributed by atoms with Gasteiger partial charge in [0.05, 0.1) is 0 Å². The van der Waals surface area contributed by atoms with Crippen molar-refractivity contribution in [3.63, 3.8) is 0 Å². The predicted molar refractivity (Wildman–Crippen MR) is 56.0 cm³/mol. The van der Waals surface area contributed by atoms with E-state index in [4.69, 9.17) is 10.8 Å². The molecule has 78 valence electrons. The van der Waals surface area contributed by atoms with E-state index in [1.54, 1.807) is 7.05 Å². The van der Waals surface area contributed by atoms with Crippen LogP contribution in [0, 0.1) is 5.92 Å². The van der Waals surface area contributed by atoms with Crippen LogP contribution in [0.4, 0.5) is 0 Å². The highest BCUT2D eigenvalue weighted by Gasteiger charge is 1.88. The smallest absolute Gasteiger partial charge is 0.117 e. The van der Waals surface area contributed by atoms with Gasteiger partial charge in [-0.25, -0.2) is 0 Å². The number of aliphatic hydroxyl groups excluding tert-OH is 1. The molecule has 0 aromatic rings. The van der Waals surface area contributed by atoms with Crippen molar-refractivity contribution in [2.24, 2.45) is 11.7 Å². The average molecular weight is 178 g/mol. The molecule has 1 atom stereocenters. The van der Waals surface area contributed by atoms with Gasteiger partial charge < -0.3 is 10.8 Å². The van der Waals surface area contributed by atoms with Crippen molar-refractivity contribution in [1.29, 1.82) is 0 Å². The van der Waals surface area contributed by atoms with E-state index < -0.39 is 6.23 Å². The predicted octanol–water partition coefficient (Wildman–Crippen LogP) is 1.17. The van der Waals surface area contributed by atoms with E-state index >= 15 is 0 Å². The monoisotopic (exact) mass is 178 g/mol. The molecule has 0 amide bonds. The number of nitrogens with one attached hydrogen (secondary N) is 1. The minimum atomic E-state index is -0.537. The summed E-state index contributed by atoms with van der Waals surface area (Å²) in [6, 6.07) is 0. The number of hydrogen-bond donors (Lipinski definition) is 3. The lowest BCUT2D eigenvalue weighted by molar-refractivity contribution is 0.155. The lowest BCUT2D eigenvalue weighted by Gasteiger charge is -2.01. The quantitative estimate of drug-likeness (QED) is 0.556. The maximum atomic E-state index is 8.43. The van der Waals surface area contributed by atoms with Crippen molar-refractivity contribution in [1.82, 2.24) is 5.32 Å². The molecule has 0 radical (unpaired) electrons. The highest BCUT2D eigenvalue weighted by molar-refractivity contribution is 4.43. The maximum Gasteiger partial charge on any atom is 0.117 e. The largest absolute Gasteiger partial charge is 0.377 e. The molecule has 4 N–H and O–H groups in total. The fourth-order valence-corrected chi connectivity index (χ4v) is 0.118. The molecule has 0 aliphatic heterocycles. The second-order valence-electron chi connectivity index (χ2n) is 2.77. The van der Waals surface area contributed by atoms with E-state index in [0.29, 0.717) is 0 Å². The van der Waals surface area contributed by atoms with Gasteiger partial charge in [0.2, 0.25) is 0 Å². The van der Waals surface area contributed by atoms with Gasteiger partial charge in [0.1, 0.15) is 6.23 Å². The maximum absolute atomic E-state index is 8.43. The zero-order valence-electron chi connectivity index (χ0n) is 9.39. The van der Waals surface area contributed by atoms with E-state index in [0.717, 1.165) is 5.92 Å². The summed E-state index contributed by atoms with van der Waals surface area (Å²) in [6.07, 6.45) is -0.537. The summed E-state index contributed by atoms with van der Waals surface area (Å²) in [5.41, 5.74) is 4.97. The third-order valence-corrected chi connectivity index (χ3v) is 0.556. The third kappa shape index (κ3) is 51.8. The minimum absolute atomic E-state index is 0.274. The molecular weight excluding hydrogens is 152 g/mol. The number of aliphatic hydroxyl groups is 1. The molecule has 0 aliphatic rings. The van der Waals surface area contributed by atoms with E-state index in [9.17, 15) is 0 Å². The highest BCUT2D eigenvalue weighted by Crippen LogP contribution is 1.81. The standard InChI is InChI=1S/C4H10.C3H10N2O.C2H6/c1-4(2)3;1-5-3(6)2-4;1-2/h4H,1-3H3;3,5-6H,2,4H2,1H3;1-2H3. The van der Waals surface area contributed by atoms with E-state index in [1.165, 1.54) is 0 Å².